The lowest BCUT2D eigenvalue weighted by Gasteiger charge is -2.08. The molecule has 0 unspecified atom stereocenters. The summed E-state index contributed by atoms with van der Waals surface area (Å²) in [7, 11) is -3.44. The van der Waals surface area contributed by atoms with E-state index in [9.17, 15) is 8.42 Å². The fraction of sp³-hybridized carbons (Fsp3) is 0.214. The molecule has 2 aromatic rings. The SMILES string of the molecule is O=S(=O)(CCc1ccccn1)Nc1ccc2c(c1)OCO2. The molecule has 7 heteroatoms. The monoisotopic (exact) mass is 306 g/mol. The molecule has 0 amide bonds. The lowest BCUT2D eigenvalue weighted by molar-refractivity contribution is 0.174. The summed E-state index contributed by atoms with van der Waals surface area (Å²) in [5.74, 6) is 1.13. The van der Waals surface area contributed by atoms with Crippen molar-refractivity contribution in [2.24, 2.45) is 0 Å². The number of hydrogen-bond donors (Lipinski definition) is 1. The summed E-state index contributed by atoms with van der Waals surface area (Å²) in [5.41, 5.74) is 1.20. The minimum absolute atomic E-state index is 0.0293. The maximum absolute atomic E-state index is 12.1. The quantitative estimate of drug-likeness (QED) is 0.911. The highest BCUT2D eigenvalue weighted by Gasteiger charge is 2.16. The summed E-state index contributed by atoms with van der Waals surface area (Å²) in [4.78, 5) is 4.11. The van der Waals surface area contributed by atoms with Crippen LogP contribution in [0.3, 0.4) is 0 Å². The number of hydrogen-bond acceptors (Lipinski definition) is 5. The number of benzene rings is 1. The fourth-order valence-electron chi connectivity index (χ4n) is 1.98. The van der Waals surface area contributed by atoms with Gasteiger partial charge < -0.3 is 9.47 Å². The molecule has 3 rings (SSSR count). The molecule has 6 nitrogen and oxygen atoms in total. The van der Waals surface area contributed by atoms with Crippen molar-refractivity contribution in [1.29, 1.82) is 0 Å². The van der Waals surface area contributed by atoms with Gasteiger partial charge in [-0.15, -0.1) is 0 Å². The molecule has 1 aromatic heterocycles. The molecule has 0 aliphatic carbocycles. The Bertz CT molecular complexity index is 732. The Balaban J connectivity index is 1.66. The standard InChI is InChI=1S/C14H14N2O4S/c17-21(18,8-6-11-3-1-2-7-15-11)16-12-4-5-13-14(9-12)20-10-19-13/h1-5,7,9,16H,6,8,10H2. The summed E-state index contributed by atoms with van der Waals surface area (Å²) >= 11 is 0. The molecule has 21 heavy (non-hydrogen) atoms. The zero-order valence-corrected chi connectivity index (χ0v) is 12.0. The Kier molecular flexibility index (Phi) is 3.66. The van der Waals surface area contributed by atoms with Gasteiger partial charge in [-0.25, -0.2) is 8.42 Å². The zero-order chi connectivity index (χ0) is 14.7. The number of aryl methyl sites for hydroxylation is 1. The van der Waals surface area contributed by atoms with E-state index in [-0.39, 0.29) is 12.5 Å². The molecule has 0 saturated carbocycles. The first-order chi connectivity index (χ1) is 10.1. The molecule has 1 aromatic carbocycles. The molecule has 1 N–H and O–H groups in total. The molecular weight excluding hydrogens is 292 g/mol. The van der Waals surface area contributed by atoms with Crippen LogP contribution in [-0.2, 0) is 16.4 Å². The van der Waals surface area contributed by atoms with Crippen LogP contribution in [0.5, 0.6) is 11.5 Å². The summed E-state index contributed by atoms with van der Waals surface area (Å²) in [6.45, 7) is 0.158. The van der Waals surface area contributed by atoms with Crippen LogP contribution >= 0.6 is 0 Å². The van der Waals surface area contributed by atoms with Gasteiger partial charge in [0, 0.05) is 24.4 Å². The smallest absolute Gasteiger partial charge is 0.233 e. The molecule has 2 heterocycles. The Morgan fingerprint density at radius 2 is 2.00 bits per heavy atom. The molecule has 1 aliphatic rings. The average Bonchev–Trinajstić information content (AvgIpc) is 2.93. The number of ether oxygens (including phenoxy) is 2. The third-order valence-electron chi connectivity index (χ3n) is 3.00. The van der Waals surface area contributed by atoms with Crippen LogP contribution in [0, 0.1) is 0 Å². The number of anilines is 1. The molecule has 1 aliphatic heterocycles. The number of fused-ring (bicyclic) bond motifs is 1. The van der Waals surface area contributed by atoms with Crippen molar-refractivity contribution in [1.82, 2.24) is 4.98 Å². The third kappa shape index (κ3) is 3.43. The molecule has 0 radical (unpaired) electrons. The lowest BCUT2D eigenvalue weighted by atomic mass is 10.3. The van der Waals surface area contributed by atoms with Gasteiger partial charge in [0.05, 0.1) is 11.4 Å². The van der Waals surface area contributed by atoms with Crippen LogP contribution in [0.1, 0.15) is 5.69 Å². The van der Waals surface area contributed by atoms with Gasteiger partial charge in [0.2, 0.25) is 16.8 Å². The number of nitrogens with zero attached hydrogens (tertiary/aromatic N) is 1. The first-order valence-corrected chi connectivity index (χ1v) is 8.08. The van der Waals surface area contributed by atoms with Gasteiger partial charge in [0.15, 0.2) is 11.5 Å². The second kappa shape index (κ2) is 5.61. The summed E-state index contributed by atoms with van der Waals surface area (Å²) in [6, 6.07) is 10.4. The number of nitrogens with one attached hydrogen (secondary N) is 1. The van der Waals surface area contributed by atoms with Crippen LogP contribution in [0.2, 0.25) is 0 Å². The highest BCUT2D eigenvalue weighted by atomic mass is 32.2. The zero-order valence-electron chi connectivity index (χ0n) is 11.2. The van der Waals surface area contributed by atoms with Gasteiger partial charge in [0.25, 0.3) is 0 Å². The number of sulfonamides is 1. The summed E-state index contributed by atoms with van der Waals surface area (Å²) < 4.78 is 37.0. The number of aromatic nitrogens is 1. The van der Waals surface area contributed by atoms with Gasteiger partial charge in [-0.1, -0.05) is 6.07 Å². The van der Waals surface area contributed by atoms with Crippen LogP contribution in [0.25, 0.3) is 0 Å². The van der Waals surface area contributed by atoms with Crippen LogP contribution < -0.4 is 14.2 Å². The number of pyridine rings is 1. The molecule has 0 bridgehead atoms. The largest absolute Gasteiger partial charge is 0.454 e. The van der Waals surface area contributed by atoms with E-state index in [1.54, 1.807) is 36.5 Å². The maximum atomic E-state index is 12.1. The minimum atomic E-state index is -3.44. The van der Waals surface area contributed by atoms with Crippen molar-refractivity contribution in [2.45, 2.75) is 6.42 Å². The minimum Gasteiger partial charge on any atom is -0.454 e. The van der Waals surface area contributed by atoms with Crippen molar-refractivity contribution in [3.05, 3.63) is 48.3 Å². The highest BCUT2D eigenvalue weighted by molar-refractivity contribution is 7.92. The molecular formula is C14H14N2O4S. The Labute approximate surface area is 122 Å². The van der Waals surface area contributed by atoms with E-state index in [0.717, 1.165) is 5.69 Å². The predicted octanol–water partition coefficient (Wildman–Crippen LogP) is 1.79. The average molecular weight is 306 g/mol. The fourth-order valence-corrected chi connectivity index (χ4v) is 3.04. The lowest BCUT2D eigenvalue weighted by Crippen LogP contribution is -2.18. The predicted molar refractivity (Wildman–Crippen MR) is 77.9 cm³/mol. The highest BCUT2D eigenvalue weighted by Crippen LogP contribution is 2.34. The van der Waals surface area contributed by atoms with E-state index in [1.165, 1.54) is 0 Å². The van der Waals surface area contributed by atoms with Crippen LogP contribution in [-0.4, -0.2) is 25.9 Å². The van der Waals surface area contributed by atoms with Crippen molar-refractivity contribution < 1.29 is 17.9 Å². The summed E-state index contributed by atoms with van der Waals surface area (Å²) in [5, 5.41) is 0. The van der Waals surface area contributed by atoms with E-state index < -0.39 is 10.0 Å². The molecule has 0 atom stereocenters. The van der Waals surface area contributed by atoms with Gasteiger partial charge >= 0.3 is 0 Å². The maximum Gasteiger partial charge on any atom is 0.233 e. The third-order valence-corrected chi connectivity index (χ3v) is 4.29. The molecule has 0 fully saturated rings. The van der Waals surface area contributed by atoms with E-state index >= 15 is 0 Å². The topological polar surface area (TPSA) is 77.5 Å². The Morgan fingerprint density at radius 1 is 1.14 bits per heavy atom. The Hall–Kier alpha value is -2.28. The van der Waals surface area contributed by atoms with E-state index in [1.807, 2.05) is 6.07 Å². The van der Waals surface area contributed by atoms with Crippen molar-refractivity contribution in [3.8, 4) is 11.5 Å². The first-order valence-electron chi connectivity index (χ1n) is 6.42. The second-order valence-electron chi connectivity index (χ2n) is 4.56. The molecule has 0 saturated heterocycles. The van der Waals surface area contributed by atoms with E-state index in [0.29, 0.717) is 23.6 Å². The first kappa shape index (κ1) is 13.7. The van der Waals surface area contributed by atoms with Crippen molar-refractivity contribution in [3.63, 3.8) is 0 Å². The van der Waals surface area contributed by atoms with Crippen LogP contribution in [0.4, 0.5) is 5.69 Å². The molecule has 110 valence electrons. The Morgan fingerprint density at radius 3 is 2.81 bits per heavy atom. The van der Waals surface area contributed by atoms with E-state index in [4.69, 9.17) is 9.47 Å². The van der Waals surface area contributed by atoms with Gasteiger partial charge in [0.1, 0.15) is 0 Å². The van der Waals surface area contributed by atoms with Crippen LogP contribution in [0.15, 0.2) is 42.6 Å². The van der Waals surface area contributed by atoms with Gasteiger partial charge in [-0.3, -0.25) is 9.71 Å². The number of rotatable bonds is 5. The normalized spacial score (nSPS) is 13.1. The summed E-state index contributed by atoms with van der Waals surface area (Å²) in [6.07, 6.45) is 2.01. The van der Waals surface area contributed by atoms with Crippen molar-refractivity contribution in [2.75, 3.05) is 17.3 Å². The van der Waals surface area contributed by atoms with Gasteiger partial charge in [-0.05, 0) is 24.3 Å². The van der Waals surface area contributed by atoms with Gasteiger partial charge in [-0.2, -0.15) is 0 Å². The second-order valence-corrected chi connectivity index (χ2v) is 6.40. The molecule has 0 spiro atoms. The van der Waals surface area contributed by atoms with Crippen molar-refractivity contribution >= 4 is 15.7 Å². The van der Waals surface area contributed by atoms with E-state index in [2.05, 4.69) is 9.71 Å².